The number of fused-ring (bicyclic) bond motifs is 1. The zero-order chi connectivity index (χ0) is 13.8. The first-order valence-corrected chi connectivity index (χ1v) is 7.88. The molecule has 1 aromatic rings. The van der Waals surface area contributed by atoms with Crippen LogP contribution in [-0.2, 0) is 11.2 Å². The van der Waals surface area contributed by atoms with Crippen LogP contribution in [0.3, 0.4) is 0 Å². The minimum absolute atomic E-state index is 0.133. The van der Waals surface area contributed by atoms with E-state index in [1.165, 1.54) is 43.2 Å². The van der Waals surface area contributed by atoms with Gasteiger partial charge in [-0.05, 0) is 55.7 Å². The lowest BCUT2D eigenvalue weighted by atomic mass is 9.83. The Bertz CT molecular complexity index is 468. The molecular weight excluding hydrogens is 248 g/mol. The highest BCUT2D eigenvalue weighted by molar-refractivity contribution is 5.78. The van der Waals surface area contributed by atoms with Gasteiger partial charge in [0.05, 0.1) is 6.54 Å². The highest BCUT2D eigenvalue weighted by atomic mass is 16.1. The van der Waals surface area contributed by atoms with E-state index in [9.17, 15) is 4.79 Å². The number of aryl methyl sites for hydroxylation is 1. The van der Waals surface area contributed by atoms with Crippen molar-refractivity contribution in [2.24, 2.45) is 5.92 Å². The molecule has 20 heavy (non-hydrogen) atoms. The standard InChI is InChI=1S/C17H24N2O/c20-17(12-18-10-13-8-9-13)19-11-15-6-3-5-14-4-1-2-7-16(14)15/h1-2,4,7,13,15,18H,3,5-6,8-12H2,(H,19,20). The molecule has 0 bridgehead atoms. The molecule has 2 N–H and O–H groups in total. The molecule has 0 saturated heterocycles. The van der Waals surface area contributed by atoms with E-state index >= 15 is 0 Å². The maximum atomic E-state index is 11.8. The second-order valence-electron chi connectivity index (χ2n) is 6.17. The Morgan fingerprint density at radius 1 is 1.15 bits per heavy atom. The van der Waals surface area contributed by atoms with Gasteiger partial charge in [-0.3, -0.25) is 4.79 Å². The molecule has 3 heteroatoms. The summed E-state index contributed by atoms with van der Waals surface area (Å²) in [5, 5.41) is 6.33. The summed E-state index contributed by atoms with van der Waals surface area (Å²) in [7, 11) is 0. The summed E-state index contributed by atoms with van der Waals surface area (Å²) >= 11 is 0. The normalized spacial score (nSPS) is 21.3. The molecule has 2 aliphatic carbocycles. The van der Waals surface area contributed by atoms with Gasteiger partial charge in [-0.25, -0.2) is 0 Å². The van der Waals surface area contributed by atoms with Gasteiger partial charge in [-0.15, -0.1) is 0 Å². The summed E-state index contributed by atoms with van der Waals surface area (Å²) in [5.41, 5.74) is 2.90. The van der Waals surface area contributed by atoms with E-state index < -0.39 is 0 Å². The first-order valence-electron chi connectivity index (χ1n) is 7.88. The van der Waals surface area contributed by atoms with Gasteiger partial charge in [0.1, 0.15) is 0 Å². The van der Waals surface area contributed by atoms with E-state index in [1.807, 2.05) is 0 Å². The topological polar surface area (TPSA) is 41.1 Å². The van der Waals surface area contributed by atoms with Gasteiger partial charge in [0.2, 0.25) is 5.91 Å². The maximum absolute atomic E-state index is 11.8. The minimum atomic E-state index is 0.133. The summed E-state index contributed by atoms with van der Waals surface area (Å²) in [4.78, 5) is 11.8. The van der Waals surface area contributed by atoms with Crippen molar-refractivity contribution in [3.05, 3.63) is 35.4 Å². The van der Waals surface area contributed by atoms with Crippen molar-refractivity contribution in [3.63, 3.8) is 0 Å². The van der Waals surface area contributed by atoms with E-state index in [1.54, 1.807) is 0 Å². The second-order valence-corrected chi connectivity index (χ2v) is 6.17. The van der Waals surface area contributed by atoms with Crippen LogP contribution in [-0.4, -0.2) is 25.5 Å². The van der Waals surface area contributed by atoms with Crippen molar-refractivity contribution in [2.45, 2.75) is 38.0 Å². The number of carbonyl (C=O) groups excluding carboxylic acids is 1. The Morgan fingerprint density at radius 3 is 2.85 bits per heavy atom. The van der Waals surface area contributed by atoms with Crippen LogP contribution in [0.25, 0.3) is 0 Å². The summed E-state index contributed by atoms with van der Waals surface area (Å²) in [6, 6.07) is 8.66. The first-order chi connectivity index (χ1) is 9.83. The highest BCUT2D eigenvalue weighted by Crippen LogP contribution is 2.30. The van der Waals surface area contributed by atoms with Gasteiger partial charge in [0.25, 0.3) is 0 Å². The Hall–Kier alpha value is -1.35. The lowest BCUT2D eigenvalue weighted by Crippen LogP contribution is -2.37. The molecule has 1 amide bonds. The predicted molar refractivity (Wildman–Crippen MR) is 80.7 cm³/mol. The Morgan fingerprint density at radius 2 is 2.00 bits per heavy atom. The van der Waals surface area contributed by atoms with Crippen molar-refractivity contribution in [1.82, 2.24) is 10.6 Å². The number of carbonyl (C=O) groups is 1. The smallest absolute Gasteiger partial charge is 0.233 e. The average Bonchev–Trinajstić information content (AvgIpc) is 3.29. The molecule has 0 spiro atoms. The van der Waals surface area contributed by atoms with Crippen LogP contribution < -0.4 is 10.6 Å². The quantitative estimate of drug-likeness (QED) is 0.834. The number of hydrogen-bond donors (Lipinski definition) is 2. The zero-order valence-electron chi connectivity index (χ0n) is 12.0. The van der Waals surface area contributed by atoms with Gasteiger partial charge in [0, 0.05) is 12.5 Å². The van der Waals surface area contributed by atoms with Crippen LogP contribution in [0.2, 0.25) is 0 Å². The fraction of sp³-hybridized carbons (Fsp3) is 0.588. The zero-order valence-corrected chi connectivity index (χ0v) is 12.0. The number of amides is 1. The molecular formula is C17H24N2O. The van der Waals surface area contributed by atoms with E-state index in [0.29, 0.717) is 12.5 Å². The molecule has 0 aliphatic heterocycles. The second kappa shape index (κ2) is 6.40. The van der Waals surface area contributed by atoms with E-state index in [-0.39, 0.29) is 5.91 Å². The molecule has 0 aromatic heterocycles. The Balaban J connectivity index is 1.45. The van der Waals surface area contributed by atoms with Crippen LogP contribution in [0.4, 0.5) is 0 Å². The van der Waals surface area contributed by atoms with Crippen molar-refractivity contribution in [1.29, 1.82) is 0 Å². The van der Waals surface area contributed by atoms with E-state index in [4.69, 9.17) is 0 Å². The number of nitrogens with one attached hydrogen (secondary N) is 2. The van der Waals surface area contributed by atoms with Gasteiger partial charge in [-0.2, -0.15) is 0 Å². The molecule has 1 unspecified atom stereocenters. The molecule has 108 valence electrons. The Kier molecular flexibility index (Phi) is 4.36. The fourth-order valence-corrected chi connectivity index (χ4v) is 3.08. The predicted octanol–water partition coefficient (Wildman–Crippen LogP) is 2.22. The van der Waals surface area contributed by atoms with Gasteiger partial charge in [-0.1, -0.05) is 24.3 Å². The summed E-state index contributed by atoms with van der Waals surface area (Å²) in [6.45, 7) is 2.24. The summed E-state index contributed by atoms with van der Waals surface area (Å²) < 4.78 is 0. The largest absolute Gasteiger partial charge is 0.354 e. The SMILES string of the molecule is O=C(CNCC1CC1)NCC1CCCc2ccccc21. The van der Waals surface area contributed by atoms with Gasteiger partial charge in [0.15, 0.2) is 0 Å². The third-order valence-corrected chi connectivity index (χ3v) is 4.45. The summed E-state index contributed by atoms with van der Waals surface area (Å²) in [5.74, 6) is 1.45. The van der Waals surface area contributed by atoms with E-state index in [2.05, 4.69) is 34.9 Å². The van der Waals surface area contributed by atoms with Crippen LogP contribution in [0.1, 0.15) is 42.7 Å². The minimum Gasteiger partial charge on any atom is -0.354 e. The molecule has 3 nitrogen and oxygen atoms in total. The lowest BCUT2D eigenvalue weighted by Gasteiger charge is -2.25. The van der Waals surface area contributed by atoms with Crippen molar-refractivity contribution >= 4 is 5.91 Å². The monoisotopic (exact) mass is 272 g/mol. The Labute approximate surface area is 121 Å². The highest BCUT2D eigenvalue weighted by Gasteiger charge is 2.21. The maximum Gasteiger partial charge on any atom is 0.233 e. The molecule has 1 saturated carbocycles. The van der Waals surface area contributed by atoms with Crippen LogP contribution in [0, 0.1) is 5.92 Å². The first kappa shape index (κ1) is 13.6. The molecule has 1 fully saturated rings. The lowest BCUT2D eigenvalue weighted by molar-refractivity contribution is -0.120. The number of rotatable bonds is 6. The fourth-order valence-electron chi connectivity index (χ4n) is 3.08. The number of benzene rings is 1. The molecule has 0 radical (unpaired) electrons. The average molecular weight is 272 g/mol. The van der Waals surface area contributed by atoms with Crippen molar-refractivity contribution in [2.75, 3.05) is 19.6 Å². The van der Waals surface area contributed by atoms with Crippen LogP contribution in [0.15, 0.2) is 24.3 Å². The molecule has 2 aliphatic rings. The van der Waals surface area contributed by atoms with Gasteiger partial charge >= 0.3 is 0 Å². The van der Waals surface area contributed by atoms with Crippen molar-refractivity contribution < 1.29 is 4.79 Å². The van der Waals surface area contributed by atoms with E-state index in [0.717, 1.165) is 19.0 Å². The van der Waals surface area contributed by atoms with Gasteiger partial charge < -0.3 is 10.6 Å². The van der Waals surface area contributed by atoms with Crippen molar-refractivity contribution in [3.8, 4) is 0 Å². The molecule has 0 heterocycles. The molecule has 1 atom stereocenters. The molecule has 3 rings (SSSR count). The number of hydrogen-bond acceptors (Lipinski definition) is 2. The third kappa shape index (κ3) is 3.60. The summed E-state index contributed by atoms with van der Waals surface area (Å²) in [6.07, 6.45) is 6.26. The van der Waals surface area contributed by atoms with Crippen LogP contribution >= 0.6 is 0 Å². The third-order valence-electron chi connectivity index (χ3n) is 4.45. The van der Waals surface area contributed by atoms with Crippen LogP contribution in [0.5, 0.6) is 0 Å². The molecule has 1 aromatic carbocycles.